The maximum Gasteiger partial charge on any atom is 0.304 e. The molecule has 0 aliphatic heterocycles. The molecule has 0 bridgehead atoms. The second-order valence-electron chi connectivity index (χ2n) is 5.04. The lowest BCUT2D eigenvalue weighted by Crippen LogP contribution is -2.38. The van der Waals surface area contributed by atoms with E-state index in [0.29, 0.717) is 0 Å². The number of carbonyl (C=O) groups is 1. The van der Waals surface area contributed by atoms with Crippen molar-refractivity contribution < 1.29 is 9.90 Å². The predicted octanol–water partition coefficient (Wildman–Crippen LogP) is 2.75. The van der Waals surface area contributed by atoms with Gasteiger partial charge in [-0.2, -0.15) is 0 Å². The van der Waals surface area contributed by atoms with Gasteiger partial charge in [-0.1, -0.05) is 26.2 Å². The molecule has 1 saturated carbocycles. The van der Waals surface area contributed by atoms with Gasteiger partial charge in [-0.05, 0) is 32.2 Å². The van der Waals surface area contributed by atoms with Crippen LogP contribution in [0.2, 0.25) is 0 Å². The van der Waals surface area contributed by atoms with Crippen LogP contribution in [0.3, 0.4) is 0 Å². The molecular formula is C13H25NO2. The molecule has 0 amide bonds. The topological polar surface area (TPSA) is 40.5 Å². The van der Waals surface area contributed by atoms with Crippen LogP contribution in [0.1, 0.15) is 52.4 Å². The third kappa shape index (κ3) is 4.52. The van der Waals surface area contributed by atoms with Crippen molar-refractivity contribution in [3.05, 3.63) is 0 Å². The lowest BCUT2D eigenvalue weighted by Gasteiger charge is -2.32. The van der Waals surface area contributed by atoms with Crippen LogP contribution in [0.5, 0.6) is 0 Å². The Morgan fingerprint density at radius 2 is 2.00 bits per heavy atom. The molecule has 1 unspecified atom stereocenters. The molecule has 0 aromatic rings. The van der Waals surface area contributed by atoms with Crippen molar-refractivity contribution in [1.82, 2.24) is 4.90 Å². The van der Waals surface area contributed by atoms with Gasteiger partial charge in [0.2, 0.25) is 0 Å². The van der Waals surface area contributed by atoms with Crippen molar-refractivity contribution in [2.45, 2.75) is 58.4 Å². The second-order valence-corrected chi connectivity index (χ2v) is 5.04. The fourth-order valence-electron chi connectivity index (χ4n) is 2.70. The maximum absolute atomic E-state index is 10.7. The normalized spacial score (nSPS) is 19.9. The zero-order valence-electron chi connectivity index (χ0n) is 10.6. The van der Waals surface area contributed by atoms with Crippen LogP contribution >= 0.6 is 0 Å². The number of aliphatic carboxylic acids is 1. The average Bonchev–Trinajstić information content (AvgIpc) is 2.26. The molecule has 0 aromatic heterocycles. The molecule has 1 rings (SSSR count). The van der Waals surface area contributed by atoms with E-state index in [1.165, 1.54) is 32.1 Å². The van der Waals surface area contributed by atoms with Crippen LogP contribution < -0.4 is 0 Å². The number of nitrogens with zero attached hydrogens (tertiary/aromatic N) is 1. The number of rotatable bonds is 6. The summed E-state index contributed by atoms with van der Waals surface area (Å²) in [5.41, 5.74) is 0. The molecule has 1 fully saturated rings. The van der Waals surface area contributed by atoms with Crippen molar-refractivity contribution in [2.75, 3.05) is 13.1 Å². The van der Waals surface area contributed by atoms with Crippen molar-refractivity contribution in [2.24, 2.45) is 5.92 Å². The number of hydrogen-bond donors (Lipinski definition) is 1. The lowest BCUT2D eigenvalue weighted by atomic mass is 9.88. The summed E-state index contributed by atoms with van der Waals surface area (Å²) in [6.07, 6.45) is 7.02. The monoisotopic (exact) mass is 227 g/mol. The molecule has 94 valence electrons. The van der Waals surface area contributed by atoms with E-state index in [-0.39, 0.29) is 12.5 Å². The van der Waals surface area contributed by atoms with Gasteiger partial charge in [0.1, 0.15) is 0 Å². The summed E-state index contributed by atoms with van der Waals surface area (Å²) in [4.78, 5) is 13.0. The Morgan fingerprint density at radius 3 is 2.50 bits per heavy atom. The summed E-state index contributed by atoms with van der Waals surface area (Å²) in [6, 6.07) is 0.171. The van der Waals surface area contributed by atoms with E-state index in [2.05, 4.69) is 11.8 Å². The van der Waals surface area contributed by atoms with E-state index in [1.54, 1.807) is 0 Å². The molecule has 0 saturated heterocycles. The first-order valence-electron chi connectivity index (χ1n) is 6.59. The van der Waals surface area contributed by atoms with Crippen molar-refractivity contribution >= 4 is 5.97 Å². The minimum Gasteiger partial charge on any atom is -0.481 e. The van der Waals surface area contributed by atoms with Gasteiger partial charge in [-0.3, -0.25) is 4.79 Å². The van der Waals surface area contributed by atoms with Crippen LogP contribution in [-0.2, 0) is 4.79 Å². The first kappa shape index (κ1) is 13.5. The highest BCUT2D eigenvalue weighted by atomic mass is 16.4. The Kier molecular flexibility index (Phi) is 5.81. The van der Waals surface area contributed by atoms with Crippen LogP contribution in [0.4, 0.5) is 0 Å². The van der Waals surface area contributed by atoms with Gasteiger partial charge in [0.15, 0.2) is 0 Å². The van der Waals surface area contributed by atoms with E-state index in [4.69, 9.17) is 5.11 Å². The van der Waals surface area contributed by atoms with E-state index in [9.17, 15) is 4.79 Å². The Morgan fingerprint density at radius 1 is 1.38 bits per heavy atom. The SMILES string of the molecule is CCN(CC1CCCCC1)C(C)CC(=O)O. The van der Waals surface area contributed by atoms with Crippen molar-refractivity contribution in [1.29, 1.82) is 0 Å². The number of hydrogen-bond acceptors (Lipinski definition) is 2. The number of carboxylic acid groups (broad SMARTS) is 1. The van der Waals surface area contributed by atoms with Gasteiger partial charge < -0.3 is 10.0 Å². The predicted molar refractivity (Wildman–Crippen MR) is 65.5 cm³/mol. The van der Waals surface area contributed by atoms with E-state index in [1.807, 2.05) is 6.92 Å². The Bertz CT molecular complexity index is 212. The van der Waals surface area contributed by atoms with Gasteiger partial charge in [0, 0.05) is 12.6 Å². The van der Waals surface area contributed by atoms with E-state index in [0.717, 1.165) is 19.0 Å². The fourth-order valence-corrected chi connectivity index (χ4v) is 2.70. The largest absolute Gasteiger partial charge is 0.481 e. The summed E-state index contributed by atoms with van der Waals surface area (Å²) in [5, 5.41) is 8.81. The minimum absolute atomic E-state index is 0.171. The van der Waals surface area contributed by atoms with Crippen LogP contribution in [-0.4, -0.2) is 35.1 Å². The standard InChI is InChI=1S/C13H25NO2/c1-3-14(11(2)9-13(15)16)10-12-7-5-4-6-8-12/h11-12H,3-10H2,1-2H3,(H,15,16). The smallest absolute Gasteiger partial charge is 0.304 e. The third-order valence-electron chi connectivity index (χ3n) is 3.72. The number of carboxylic acids is 1. The molecule has 3 heteroatoms. The van der Waals surface area contributed by atoms with E-state index < -0.39 is 5.97 Å². The summed E-state index contributed by atoms with van der Waals surface area (Å²) >= 11 is 0. The fraction of sp³-hybridized carbons (Fsp3) is 0.923. The molecular weight excluding hydrogens is 202 g/mol. The summed E-state index contributed by atoms with van der Waals surface area (Å²) in [5.74, 6) is 0.111. The second kappa shape index (κ2) is 6.89. The molecule has 1 aliphatic carbocycles. The molecule has 16 heavy (non-hydrogen) atoms. The van der Waals surface area contributed by atoms with Crippen LogP contribution in [0, 0.1) is 5.92 Å². The Labute approximate surface area is 98.8 Å². The minimum atomic E-state index is -0.686. The summed E-state index contributed by atoms with van der Waals surface area (Å²) in [6.45, 7) is 6.21. The molecule has 0 heterocycles. The average molecular weight is 227 g/mol. The van der Waals surface area contributed by atoms with Crippen molar-refractivity contribution in [3.8, 4) is 0 Å². The van der Waals surface area contributed by atoms with Gasteiger partial charge in [0.25, 0.3) is 0 Å². The van der Waals surface area contributed by atoms with Gasteiger partial charge in [-0.25, -0.2) is 0 Å². The highest BCUT2D eigenvalue weighted by molar-refractivity contribution is 5.67. The molecule has 0 radical (unpaired) electrons. The summed E-state index contributed by atoms with van der Waals surface area (Å²) < 4.78 is 0. The highest BCUT2D eigenvalue weighted by Gasteiger charge is 2.20. The van der Waals surface area contributed by atoms with Gasteiger partial charge >= 0.3 is 5.97 Å². The Balaban J connectivity index is 2.37. The molecule has 1 aliphatic rings. The van der Waals surface area contributed by atoms with Crippen LogP contribution in [0.15, 0.2) is 0 Å². The van der Waals surface area contributed by atoms with Gasteiger partial charge in [-0.15, -0.1) is 0 Å². The van der Waals surface area contributed by atoms with Crippen LogP contribution in [0.25, 0.3) is 0 Å². The first-order valence-corrected chi connectivity index (χ1v) is 6.59. The molecule has 1 atom stereocenters. The molecule has 0 aromatic carbocycles. The molecule has 0 spiro atoms. The Hall–Kier alpha value is -0.570. The highest BCUT2D eigenvalue weighted by Crippen LogP contribution is 2.25. The molecule has 3 nitrogen and oxygen atoms in total. The van der Waals surface area contributed by atoms with E-state index >= 15 is 0 Å². The molecule has 1 N–H and O–H groups in total. The van der Waals surface area contributed by atoms with Crippen molar-refractivity contribution in [3.63, 3.8) is 0 Å². The third-order valence-corrected chi connectivity index (χ3v) is 3.72. The zero-order chi connectivity index (χ0) is 12.0. The van der Waals surface area contributed by atoms with Gasteiger partial charge in [0.05, 0.1) is 6.42 Å². The quantitative estimate of drug-likeness (QED) is 0.758. The lowest BCUT2D eigenvalue weighted by molar-refractivity contribution is -0.138. The first-order chi connectivity index (χ1) is 7.63. The zero-order valence-corrected chi connectivity index (χ0v) is 10.6. The summed E-state index contributed by atoms with van der Waals surface area (Å²) in [7, 11) is 0. The maximum atomic E-state index is 10.7.